The van der Waals surface area contributed by atoms with Crippen molar-refractivity contribution in [1.82, 2.24) is 15.2 Å². The maximum absolute atomic E-state index is 12.7. The largest absolute Gasteiger partial charge is 0.282 e. The molecule has 0 fully saturated rings. The molecule has 1 atom stereocenters. The third-order valence-corrected chi connectivity index (χ3v) is 6.51. The molecule has 0 spiro atoms. The first kappa shape index (κ1) is 24.4. The molecule has 2 heterocycles. The monoisotopic (exact) mass is 531 g/mol. The lowest BCUT2D eigenvalue weighted by Crippen LogP contribution is -2.34. The summed E-state index contributed by atoms with van der Waals surface area (Å²) in [5, 5.41) is 20.6. The molecule has 35 heavy (non-hydrogen) atoms. The Hall–Kier alpha value is -3.74. The number of benzene rings is 2. The van der Waals surface area contributed by atoms with Crippen molar-refractivity contribution >= 4 is 62.3 Å². The Bertz CT molecular complexity index is 1440. The lowest BCUT2D eigenvalue weighted by atomic mass is 10.2. The van der Waals surface area contributed by atoms with E-state index in [1.54, 1.807) is 6.92 Å². The van der Waals surface area contributed by atoms with Crippen molar-refractivity contribution in [3.8, 4) is 0 Å². The van der Waals surface area contributed by atoms with E-state index in [4.69, 9.17) is 23.2 Å². The molecular formula is C21H15Cl2N7O4S. The molecule has 0 saturated heterocycles. The molecule has 4 rings (SSSR count). The second-order valence-corrected chi connectivity index (χ2v) is 9.67. The molecule has 3 aromatic rings. The van der Waals surface area contributed by atoms with Crippen LogP contribution in [0.15, 0.2) is 80.9 Å². The van der Waals surface area contributed by atoms with Crippen molar-refractivity contribution in [1.29, 1.82) is 0 Å². The van der Waals surface area contributed by atoms with Crippen LogP contribution in [0.3, 0.4) is 0 Å². The number of aromatic nitrogens is 2. The zero-order valence-corrected chi connectivity index (χ0v) is 20.2. The van der Waals surface area contributed by atoms with Crippen LogP contribution in [0.1, 0.15) is 17.3 Å². The van der Waals surface area contributed by atoms with Crippen LogP contribution in [0.2, 0.25) is 10.2 Å². The van der Waals surface area contributed by atoms with Gasteiger partial charge in [0.25, 0.3) is 21.8 Å². The number of nitrogens with one attached hydrogen (secondary N) is 1. The molecule has 14 heteroatoms. The molecule has 0 bridgehead atoms. The van der Waals surface area contributed by atoms with Gasteiger partial charge in [0.15, 0.2) is 17.0 Å². The number of sulfonamides is 1. The van der Waals surface area contributed by atoms with Crippen LogP contribution in [-0.2, 0) is 14.8 Å². The summed E-state index contributed by atoms with van der Waals surface area (Å²) in [6, 6.07) is 13.2. The summed E-state index contributed by atoms with van der Waals surface area (Å²) < 4.78 is 27.3. The van der Waals surface area contributed by atoms with Crippen LogP contribution in [0, 0.1) is 0 Å². The number of hydrazone groups is 1. The first-order chi connectivity index (χ1) is 16.6. The Morgan fingerprint density at radius 1 is 1.00 bits per heavy atom. The van der Waals surface area contributed by atoms with E-state index in [1.807, 2.05) is 0 Å². The van der Waals surface area contributed by atoms with Crippen LogP contribution < -0.4 is 4.72 Å². The summed E-state index contributed by atoms with van der Waals surface area (Å²) in [5.74, 6) is -1.26. The summed E-state index contributed by atoms with van der Waals surface area (Å²) in [6.07, 6.45) is 0. The van der Waals surface area contributed by atoms with Gasteiger partial charge in [0.1, 0.15) is 0 Å². The fourth-order valence-electron chi connectivity index (χ4n) is 2.93. The molecule has 0 saturated carbocycles. The normalized spacial score (nSPS) is 16.0. The van der Waals surface area contributed by atoms with Gasteiger partial charge >= 0.3 is 0 Å². The SMILES string of the molecule is CC1=NN(C(=O)c2ccc(Cl)cc2)C(=O)C1N=Nc1ccc(S(=O)(=O)Nc2ccc(Cl)nn2)cc1. The molecule has 11 nitrogen and oxygen atoms in total. The van der Waals surface area contributed by atoms with Gasteiger partial charge in [-0.25, -0.2) is 8.42 Å². The van der Waals surface area contributed by atoms with Crippen LogP contribution in [0.5, 0.6) is 0 Å². The second kappa shape index (κ2) is 9.86. The van der Waals surface area contributed by atoms with Crippen molar-refractivity contribution in [2.45, 2.75) is 17.9 Å². The number of hydrogen-bond donors (Lipinski definition) is 1. The quantitative estimate of drug-likeness (QED) is 0.374. The van der Waals surface area contributed by atoms with E-state index in [2.05, 4.69) is 30.2 Å². The van der Waals surface area contributed by atoms with Crippen LogP contribution in [0.4, 0.5) is 11.5 Å². The van der Waals surface area contributed by atoms with Crippen LogP contribution in [-0.4, -0.2) is 47.2 Å². The summed E-state index contributed by atoms with van der Waals surface area (Å²) in [5.41, 5.74) is 0.818. The molecule has 2 amide bonds. The van der Waals surface area contributed by atoms with E-state index in [0.717, 1.165) is 5.01 Å². The first-order valence-electron chi connectivity index (χ1n) is 9.86. The number of hydrogen-bond acceptors (Lipinski definition) is 9. The van der Waals surface area contributed by atoms with Gasteiger partial charge in [0, 0.05) is 10.6 Å². The number of anilines is 1. The number of rotatable bonds is 6. The van der Waals surface area contributed by atoms with Crippen LogP contribution in [0.25, 0.3) is 0 Å². The fraction of sp³-hybridized carbons (Fsp3) is 0.0952. The van der Waals surface area contributed by atoms with Gasteiger partial charge in [-0.05, 0) is 67.6 Å². The summed E-state index contributed by atoms with van der Waals surface area (Å²) in [7, 11) is -3.93. The minimum Gasteiger partial charge on any atom is -0.269 e. The minimum atomic E-state index is -3.93. The molecule has 2 aromatic carbocycles. The number of nitrogens with zero attached hydrogens (tertiary/aromatic N) is 6. The molecule has 1 aromatic heterocycles. The van der Waals surface area contributed by atoms with Gasteiger partial charge in [-0.2, -0.15) is 20.3 Å². The van der Waals surface area contributed by atoms with Gasteiger partial charge in [-0.15, -0.1) is 10.2 Å². The topological polar surface area (TPSA) is 146 Å². The van der Waals surface area contributed by atoms with E-state index >= 15 is 0 Å². The molecule has 0 radical (unpaired) electrons. The average Bonchev–Trinajstić information content (AvgIpc) is 3.12. The maximum atomic E-state index is 12.7. The van der Waals surface area contributed by atoms with Gasteiger partial charge in [0.05, 0.1) is 16.3 Å². The highest BCUT2D eigenvalue weighted by Crippen LogP contribution is 2.22. The number of carbonyl (C=O) groups excluding carboxylic acids is 2. The maximum Gasteiger partial charge on any atom is 0.282 e. The summed E-state index contributed by atoms with van der Waals surface area (Å²) >= 11 is 11.5. The Morgan fingerprint density at radius 2 is 1.69 bits per heavy atom. The van der Waals surface area contributed by atoms with E-state index < -0.39 is 27.9 Å². The number of imide groups is 1. The van der Waals surface area contributed by atoms with Crippen molar-refractivity contribution in [2.24, 2.45) is 15.3 Å². The first-order valence-corrected chi connectivity index (χ1v) is 12.1. The molecule has 1 N–H and O–H groups in total. The lowest BCUT2D eigenvalue weighted by molar-refractivity contribution is -0.127. The van der Waals surface area contributed by atoms with Crippen molar-refractivity contribution in [3.05, 3.63) is 76.4 Å². The lowest BCUT2D eigenvalue weighted by Gasteiger charge is -2.10. The molecule has 0 aliphatic carbocycles. The Balaban J connectivity index is 1.44. The summed E-state index contributed by atoms with van der Waals surface area (Å²) in [6.45, 7) is 1.55. The van der Waals surface area contributed by atoms with E-state index in [0.29, 0.717) is 10.7 Å². The fourth-order valence-corrected chi connectivity index (χ4v) is 4.16. The molecule has 178 valence electrons. The second-order valence-electron chi connectivity index (χ2n) is 7.16. The van der Waals surface area contributed by atoms with E-state index in [9.17, 15) is 18.0 Å². The number of amides is 2. The Kier molecular flexibility index (Phi) is 6.87. The van der Waals surface area contributed by atoms with E-state index in [1.165, 1.54) is 60.7 Å². The Morgan fingerprint density at radius 3 is 2.31 bits per heavy atom. The number of azo groups is 1. The minimum absolute atomic E-state index is 0.00498. The van der Waals surface area contributed by atoms with Crippen molar-refractivity contribution < 1.29 is 18.0 Å². The zero-order chi connectivity index (χ0) is 25.2. The highest BCUT2D eigenvalue weighted by atomic mass is 35.5. The number of halogens is 2. The zero-order valence-electron chi connectivity index (χ0n) is 17.8. The molecule has 1 aliphatic rings. The van der Waals surface area contributed by atoms with Crippen molar-refractivity contribution in [3.63, 3.8) is 0 Å². The van der Waals surface area contributed by atoms with Gasteiger partial charge < -0.3 is 0 Å². The standard InChI is InChI=1S/C21H15Cl2N7O4S/c1-12-19(21(32)30(28-12)20(31)13-2-4-14(22)5-3-13)27-24-15-6-8-16(9-7-15)35(33,34)29-18-11-10-17(23)25-26-18/h2-11,19H,1H3,(H,26,29). The van der Waals surface area contributed by atoms with Gasteiger partial charge in [0.2, 0.25) is 0 Å². The summed E-state index contributed by atoms with van der Waals surface area (Å²) in [4.78, 5) is 25.3. The van der Waals surface area contributed by atoms with Gasteiger partial charge in [-0.3, -0.25) is 14.3 Å². The third-order valence-electron chi connectivity index (χ3n) is 4.69. The molecule has 1 unspecified atom stereocenters. The average molecular weight is 532 g/mol. The number of carbonyl (C=O) groups is 2. The molecule has 1 aliphatic heterocycles. The Labute approximate surface area is 209 Å². The van der Waals surface area contributed by atoms with Crippen molar-refractivity contribution in [2.75, 3.05) is 4.72 Å². The highest BCUT2D eigenvalue weighted by molar-refractivity contribution is 7.92. The van der Waals surface area contributed by atoms with E-state index in [-0.39, 0.29) is 27.1 Å². The highest BCUT2D eigenvalue weighted by Gasteiger charge is 2.38. The third kappa shape index (κ3) is 5.50. The predicted molar refractivity (Wildman–Crippen MR) is 128 cm³/mol. The van der Waals surface area contributed by atoms with Crippen LogP contribution >= 0.6 is 23.2 Å². The van der Waals surface area contributed by atoms with Gasteiger partial charge in [-0.1, -0.05) is 23.2 Å². The smallest absolute Gasteiger partial charge is 0.269 e. The predicted octanol–water partition coefficient (Wildman–Crippen LogP) is 4.10. The molecular weight excluding hydrogens is 517 g/mol.